The van der Waals surface area contributed by atoms with E-state index in [1.54, 1.807) is 36.4 Å². The molecule has 0 spiro atoms. The third-order valence-electron chi connectivity index (χ3n) is 4.93. The minimum absolute atomic E-state index is 0.0307. The number of carbonyl (C=O) groups is 1. The van der Waals surface area contributed by atoms with Gasteiger partial charge in [0.05, 0.1) is 17.4 Å². The molecule has 3 rings (SSSR count). The second-order valence-corrected chi connectivity index (χ2v) is 8.66. The van der Waals surface area contributed by atoms with E-state index in [1.807, 2.05) is 26.0 Å². The molecule has 0 unspecified atom stereocenters. The molecule has 1 N–H and O–H groups in total. The molecule has 150 valence electrons. The topological polar surface area (TPSA) is 75.7 Å². The highest BCUT2D eigenvalue weighted by molar-refractivity contribution is 7.92. The lowest BCUT2D eigenvalue weighted by atomic mass is 9.96. The summed E-state index contributed by atoms with van der Waals surface area (Å²) in [6, 6.07) is 14.1. The van der Waals surface area contributed by atoms with Crippen LogP contribution in [0.4, 0.5) is 11.4 Å². The van der Waals surface area contributed by atoms with Crippen LogP contribution in [-0.2, 0) is 19.6 Å². The molecule has 6 nitrogen and oxygen atoms in total. The van der Waals surface area contributed by atoms with Crippen molar-refractivity contribution in [1.82, 2.24) is 0 Å². The van der Waals surface area contributed by atoms with Crippen molar-refractivity contribution in [3.8, 4) is 0 Å². The maximum atomic E-state index is 12.5. The summed E-state index contributed by atoms with van der Waals surface area (Å²) in [5.74, 6) is -0.139. The third kappa shape index (κ3) is 4.84. The second kappa shape index (κ2) is 8.65. The van der Waals surface area contributed by atoms with E-state index in [9.17, 15) is 13.2 Å². The quantitative estimate of drug-likeness (QED) is 0.748. The molecule has 2 aromatic rings. The molecule has 0 amide bonds. The van der Waals surface area contributed by atoms with Gasteiger partial charge in [0.15, 0.2) is 0 Å². The van der Waals surface area contributed by atoms with Gasteiger partial charge in [-0.15, -0.1) is 0 Å². The van der Waals surface area contributed by atoms with Crippen LogP contribution in [0.2, 0.25) is 0 Å². The van der Waals surface area contributed by atoms with Crippen molar-refractivity contribution < 1.29 is 17.9 Å². The van der Waals surface area contributed by atoms with E-state index in [4.69, 9.17) is 4.74 Å². The average molecular weight is 403 g/mol. The first-order chi connectivity index (χ1) is 13.4. The maximum Gasteiger partial charge on any atom is 0.309 e. The number of hydrogen-bond acceptors (Lipinski definition) is 5. The van der Waals surface area contributed by atoms with E-state index in [-0.39, 0.29) is 16.8 Å². The second-order valence-electron chi connectivity index (χ2n) is 6.98. The number of benzene rings is 2. The van der Waals surface area contributed by atoms with Crippen molar-refractivity contribution in [2.75, 3.05) is 29.3 Å². The average Bonchev–Trinajstić information content (AvgIpc) is 2.69. The summed E-state index contributed by atoms with van der Waals surface area (Å²) in [6.07, 6.45) is 1.53. The van der Waals surface area contributed by atoms with Crippen molar-refractivity contribution in [3.63, 3.8) is 0 Å². The predicted molar refractivity (Wildman–Crippen MR) is 110 cm³/mol. The molecule has 0 saturated carbocycles. The number of carbonyl (C=O) groups excluding carboxylic acids is 1. The molecular formula is C21H26N2O4S. The molecule has 1 fully saturated rings. The highest BCUT2D eigenvalue weighted by Crippen LogP contribution is 2.26. The number of hydrogen-bond donors (Lipinski definition) is 1. The molecule has 0 aliphatic carbocycles. The fourth-order valence-electron chi connectivity index (χ4n) is 3.31. The molecule has 0 bridgehead atoms. The van der Waals surface area contributed by atoms with Gasteiger partial charge in [0.25, 0.3) is 10.0 Å². The minimum atomic E-state index is -3.61. The third-order valence-corrected chi connectivity index (χ3v) is 6.33. The molecule has 0 aromatic heterocycles. The van der Waals surface area contributed by atoms with Crippen LogP contribution >= 0.6 is 0 Å². The molecule has 1 aliphatic heterocycles. The van der Waals surface area contributed by atoms with E-state index in [0.29, 0.717) is 12.3 Å². The maximum absolute atomic E-state index is 12.5. The predicted octanol–water partition coefficient (Wildman–Crippen LogP) is 3.58. The Morgan fingerprint density at radius 2 is 1.68 bits per heavy atom. The van der Waals surface area contributed by atoms with E-state index in [1.165, 1.54) is 0 Å². The summed E-state index contributed by atoms with van der Waals surface area (Å²) in [4.78, 5) is 14.3. The lowest BCUT2D eigenvalue weighted by Crippen LogP contribution is -2.36. The molecule has 0 atom stereocenters. The summed E-state index contributed by atoms with van der Waals surface area (Å²) in [7, 11) is -3.61. The van der Waals surface area contributed by atoms with Gasteiger partial charge in [-0.2, -0.15) is 0 Å². The van der Waals surface area contributed by atoms with Gasteiger partial charge in [0.2, 0.25) is 0 Å². The van der Waals surface area contributed by atoms with Crippen LogP contribution in [-0.4, -0.2) is 34.1 Å². The van der Waals surface area contributed by atoms with Crippen molar-refractivity contribution in [3.05, 3.63) is 54.1 Å². The largest absolute Gasteiger partial charge is 0.466 e. The molecule has 1 aliphatic rings. The van der Waals surface area contributed by atoms with Crippen LogP contribution in [0.3, 0.4) is 0 Å². The molecule has 2 aromatic carbocycles. The van der Waals surface area contributed by atoms with Gasteiger partial charge >= 0.3 is 5.97 Å². The zero-order chi connectivity index (χ0) is 20.1. The number of anilines is 2. The number of esters is 1. The fourth-order valence-corrected chi connectivity index (χ4v) is 4.36. The molecule has 7 heteroatoms. The standard InChI is InChI=1S/C21H26N2O4S/c1-3-27-21(24)17-12-14-23(15-13-17)19-8-6-18(7-9-19)22-28(25,26)20-10-4-16(2)5-11-20/h4-11,17,22H,3,12-15H2,1-2H3. The Hall–Kier alpha value is -2.54. The monoisotopic (exact) mass is 402 g/mol. The smallest absolute Gasteiger partial charge is 0.309 e. The number of rotatable bonds is 6. The zero-order valence-corrected chi connectivity index (χ0v) is 17.0. The normalized spacial score (nSPS) is 15.3. The summed E-state index contributed by atoms with van der Waals surface area (Å²) in [6.45, 7) is 5.70. The first kappa shape index (κ1) is 20.2. The summed E-state index contributed by atoms with van der Waals surface area (Å²) in [5, 5.41) is 0. The van der Waals surface area contributed by atoms with Gasteiger partial charge in [-0.3, -0.25) is 9.52 Å². The van der Waals surface area contributed by atoms with Crippen LogP contribution in [0, 0.1) is 12.8 Å². The summed E-state index contributed by atoms with van der Waals surface area (Å²) < 4.78 is 32.7. The molecule has 1 heterocycles. The Morgan fingerprint density at radius 3 is 2.25 bits per heavy atom. The number of piperidine rings is 1. The number of nitrogens with one attached hydrogen (secondary N) is 1. The molecule has 28 heavy (non-hydrogen) atoms. The lowest BCUT2D eigenvalue weighted by Gasteiger charge is -2.32. The number of aryl methyl sites for hydroxylation is 1. The lowest BCUT2D eigenvalue weighted by molar-refractivity contribution is -0.148. The summed E-state index contributed by atoms with van der Waals surface area (Å²) in [5.41, 5.74) is 2.54. The fraction of sp³-hybridized carbons (Fsp3) is 0.381. The highest BCUT2D eigenvalue weighted by atomic mass is 32.2. The Balaban J connectivity index is 1.61. The molecular weight excluding hydrogens is 376 g/mol. The van der Waals surface area contributed by atoms with Crippen molar-refractivity contribution in [1.29, 1.82) is 0 Å². The van der Waals surface area contributed by atoms with Gasteiger partial charge in [0, 0.05) is 24.5 Å². The number of ether oxygens (including phenoxy) is 1. The van der Waals surface area contributed by atoms with Crippen molar-refractivity contribution in [2.45, 2.75) is 31.6 Å². The van der Waals surface area contributed by atoms with Gasteiger partial charge in [-0.05, 0) is 63.1 Å². The Labute approximate surface area is 166 Å². The van der Waals surface area contributed by atoms with E-state index < -0.39 is 10.0 Å². The highest BCUT2D eigenvalue weighted by Gasteiger charge is 2.26. The zero-order valence-electron chi connectivity index (χ0n) is 16.2. The Kier molecular flexibility index (Phi) is 6.24. The number of nitrogens with zero attached hydrogens (tertiary/aromatic N) is 1. The van der Waals surface area contributed by atoms with Crippen molar-refractivity contribution in [2.24, 2.45) is 5.92 Å². The van der Waals surface area contributed by atoms with Gasteiger partial charge in [0.1, 0.15) is 0 Å². The van der Waals surface area contributed by atoms with E-state index >= 15 is 0 Å². The SMILES string of the molecule is CCOC(=O)C1CCN(c2ccc(NS(=O)(=O)c3ccc(C)cc3)cc2)CC1. The van der Waals surface area contributed by atoms with Crippen LogP contribution in [0.15, 0.2) is 53.4 Å². The van der Waals surface area contributed by atoms with E-state index in [2.05, 4.69) is 9.62 Å². The van der Waals surface area contributed by atoms with E-state index in [0.717, 1.165) is 37.2 Å². The van der Waals surface area contributed by atoms with Crippen LogP contribution < -0.4 is 9.62 Å². The van der Waals surface area contributed by atoms with Crippen LogP contribution in [0.25, 0.3) is 0 Å². The van der Waals surface area contributed by atoms with Gasteiger partial charge in [-0.1, -0.05) is 17.7 Å². The number of sulfonamides is 1. The minimum Gasteiger partial charge on any atom is -0.466 e. The van der Waals surface area contributed by atoms with Crippen LogP contribution in [0.1, 0.15) is 25.3 Å². The van der Waals surface area contributed by atoms with Crippen molar-refractivity contribution >= 4 is 27.4 Å². The van der Waals surface area contributed by atoms with Gasteiger partial charge in [-0.25, -0.2) is 8.42 Å². The Morgan fingerprint density at radius 1 is 1.07 bits per heavy atom. The summed E-state index contributed by atoms with van der Waals surface area (Å²) >= 11 is 0. The van der Waals surface area contributed by atoms with Crippen LogP contribution in [0.5, 0.6) is 0 Å². The first-order valence-electron chi connectivity index (χ1n) is 9.50. The first-order valence-corrected chi connectivity index (χ1v) is 11.0. The van der Waals surface area contributed by atoms with Gasteiger partial charge < -0.3 is 9.64 Å². The molecule has 0 radical (unpaired) electrons. The Bertz CT molecular complexity index is 900. The molecule has 1 saturated heterocycles.